The van der Waals surface area contributed by atoms with Gasteiger partial charge < -0.3 is 25.0 Å². The van der Waals surface area contributed by atoms with Crippen LogP contribution < -0.4 is 20.1 Å². The molecule has 0 unspecified atom stereocenters. The van der Waals surface area contributed by atoms with Crippen LogP contribution in [-0.2, 0) is 6.54 Å². The maximum atomic E-state index is 5.78. The fourth-order valence-corrected chi connectivity index (χ4v) is 3.62. The fraction of sp³-hybridized carbons (Fsp3) is 0.500. The van der Waals surface area contributed by atoms with E-state index >= 15 is 0 Å². The third-order valence-electron chi connectivity index (χ3n) is 5.41. The molecule has 1 aliphatic heterocycles. The second-order valence-corrected chi connectivity index (χ2v) is 7.74. The number of aliphatic imine (C=N–C) groups is 1. The van der Waals surface area contributed by atoms with Gasteiger partial charge in [0.05, 0.1) is 7.11 Å². The van der Waals surface area contributed by atoms with Crippen LogP contribution in [0, 0.1) is 0 Å². The Morgan fingerprint density at radius 3 is 2.39 bits per heavy atom. The van der Waals surface area contributed by atoms with E-state index in [-0.39, 0.29) is 0 Å². The van der Waals surface area contributed by atoms with Crippen LogP contribution in [-0.4, -0.2) is 56.2 Å². The molecule has 2 N–H and O–H groups in total. The van der Waals surface area contributed by atoms with Crippen molar-refractivity contribution >= 4 is 5.96 Å². The van der Waals surface area contributed by atoms with Gasteiger partial charge in [0.1, 0.15) is 11.5 Å². The van der Waals surface area contributed by atoms with E-state index in [1.165, 1.54) is 38.8 Å². The maximum Gasteiger partial charge on any atom is 0.219 e. The van der Waals surface area contributed by atoms with Crippen molar-refractivity contribution in [2.24, 2.45) is 4.99 Å². The van der Waals surface area contributed by atoms with Crippen molar-refractivity contribution in [3.8, 4) is 17.4 Å². The Balaban J connectivity index is 1.36. The molecular formula is C24H35N5O2. The Bertz CT molecular complexity index is 785. The van der Waals surface area contributed by atoms with Gasteiger partial charge in [0.25, 0.3) is 0 Å². The van der Waals surface area contributed by atoms with Crippen LogP contribution in [0.3, 0.4) is 0 Å². The van der Waals surface area contributed by atoms with Crippen LogP contribution in [0.15, 0.2) is 47.6 Å². The third-order valence-corrected chi connectivity index (χ3v) is 5.41. The van der Waals surface area contributed by atoms with Crippen molar-refractivity contribution in [1.29, 1.82) is 0 Å². The van der Waals surface area contributed by atoms with E-state index in [2.05, 4.69) is 25.5 Å². The van der Waals surface area contributed by atoms with Gasteiger partial charge in [-0.25, -0.2) is 4.98 Å². The number of methoxy groups -OCH3 is 1. The number of ether oxygens (including phenoxy) is 2. The number of aromatic nitrogens is 1. The molecule has 3 rings (SSSR count). The van der Waals surface area contributed by atoms with E-state index in [0.29, 0.717) is 12.4 Å². The van der Waals surface area contributed by atoms with Crippen LogP contribution in [0.2, 0.25) is 0 Å². The first-order chi connectivity index (χ1) is 15.3. The smallest absolute Gasteiger partial charge is 0.219 e. The molecule has 1 aromatic carbocycles. The van der Waals surface area contributed by atoms with E-state index in [1.54, 1.807) is 14.2 Å². The zero-order valence-electron chi connectivity index (χ0n) is 18.8. The van der Waals surface area contributed by atoms with Crippen LogP contribution in [0.4, 0.5) is 0 Å². The lowest BCUT2D eigenvalue weighted by atomic mass is 10.2. The number of guanidine groups is 1. The average Bonchev–Trinajstić information content (AvgIpc) is 3.09. The van der Waals surface area contributed by atoms with Crippen molar-refractivity contribution in [1.82, 2.24) is 20.5 Å². The molecule has 168 valence electrons. The summed E-state index contributed by atoms with van der Waals surface area (Å²) in [7, 11) is 3.44. The fourth-order valence-electron chi connectivity index (χ4n) is 3.62. The van der Waals surface area contributed by atoms with Crippen molar-refractivity contribution in [3.63, 3.8) is 0 Å². The molecule has 0 saturated carbocycles. The monoisotopic (exact) mass is 425 g/mol. The first-order valence-corrected chi connectivity index (χ1v) is 11.2. The van der Waals surface area contributed by atoms with Gasteiger partial charge in [0.2, 0.25) is 5.88 Å². The second-order valence-electron chi connectivity index (χ2n) is 7.74. The number of pyridine rings is 1. The highest BCUT2D eigenvalue weighted by atomic mass is 16.5. The summed E-state index contributed by atoms with van der Waals surface area (Å²) >= 11 is 0. The molecule has 1 fully saturated rings. The molecule has 2 heterocycles. The minimum absolute atomic E-state index is 0.560. The van der Waals surface area contributed by atoms with Gasteiger partial charge in [-0.2, -0.15) is 0 Å². The number of rotatable bonds is 9. The highest BCUT2D eigenvalue weighted by Gasteiger charge is 2.08. The molecule has 1 saturated heterocycles. The van der Waals surface area contributed by atoms with E-state index in [0.717, 1.165) is 42.5 Å². The van der Waals surface area contributed by atoms with Gasteiger partial charge in [-0.15, -0.1) is 0 Å². The zero-order valence-corrected chi connectivity index (χ0v) is 18.8. The number of hydrogen-bond donors (Lipinski definition) is 2. The maximum absolute atomic E-state index is 5.78. The van der Waals surface area contributed by atoms with Gasteiger partial charge in [-0.3, -0.25) is 4.99 Å². The number of nitrogens with zero attached hydrogens (tertiary/aromatic N) is 3. The standard InChI is InChI=1S/C24H35N5O2/c1-25-24(26-14-7-17-29-15-5-3-4-6-16-29)28-19-20-8-13-23(27-18-20)31-22-11-9-21(30-2)10-12-22/h8-13,18H,3-7,14-17,19H2,1-2H3,(H2,25,26,28). The minimum atomic E-state index is 0.560. The SMILES string of the molecule is CN=C(NCCCN1CCCCCC1)NCc1ccc(Oc2ccc(OC)cc2)nc1. The number of nitrogens with one attached hydrogen (secondary N) is 2. The summed E-state index contributed by atoms with van der Waals surface area (Å²) in [5.74, 6) is 2.90. The molecule has 0 spiro atoms. The molecule has 0 atom stereocenters. The molecule has 2 aromatic rings. The highest BCUT2D eigenvalue weighted by Crippen LogP contribution is 2.22. The van der Waals surface area contributed by atoms with E-state index in [9.17, 15) is 0 Å². The first-order valence-electron chi connectivity index (χ1n) is 11.2. The summed E-state index contributed by atoms with van der Waals surface area (Å²) in [5.41, 5.74) is 1.06. The summed E-state index contributed by atoms with van der Waals surface area (Å²) in [4.78, 5) is 11.3. The largest absolute Gasteiger partial charge is 0.497 e. The predicted octanol–water partition coefficient (Wildman–Crippen LogP) is 3.81. The molecule has 0 amide bonds. The van der Waals surface area contributed by atoms with Crippen molar-refractivity contribution in [2.75, 3.05) is 40.3 Å². The quantitative estimate of drug-likeness (QED) is 0.362. The van der Waals surface area contributed by atoms with Crippen LogP contribution in [0.25, 0.3) is 0 Å². The van der Waals surface area contributed by atoms with E-state index in [4.69, 9.17) is 9.47 Å². The summed E-state index contributed by atoms with van der Waals surface area (Å²) in [6.07, 6.45) is 8.39. The van der Waals surface area contributed by atoms with E-state index < -0.39 is 0 Å². The van der Waals surface area contributed by atoms with E-state index in [1.807, 2.05) is 42.6 Å². The number of hydrogen-bond acceptors (Lipinski definition) is 5. The Morgan fingerprint density at radius 2 is 1.74 bits per heavy atom. The molecule has 0 radical (unpaired) electrons. The molecular weight excluding hydrogens is 390 g/mol. The predicted molar refractivity (Wildman–Crippen MR) is 125 cm³/mol. The van der Waals surface area contributed by atoms with Gasteiger partial charge >= 0.3 is 0 Å². The topological polar surface area (TPSA) is 71.0 Å². The molecule has 1 aliphatic rings. The summed E-state index contributed by atoms with van der Waals surface area (Å²) in [5, 5.41) is 6.75. The molecule has 31 heavy (non-hydrogen) atoms. The Labute approximate surface area is 185 Å². The lowest BCUT2D eigenvalue weighted by Gasteiger charge is -2.20. The number of likely N-dealkylation sites (tertiary alicyclic amines) is 1. The lowest BCUT2D eigenvalue weighted by Crippen LogP contribution is -2.38. The van der Waals surface area contributed by atoms with Gasteiger partial charge in [-0.05, 0) is 68.7 Å². The summed E-state index contributed by atoms with van der Waals surface area (Å²) < 4.78 is 10.9. The summed E-state index contributed by atoms with van der Waals surface area (Å²) in [6.45, 7) is 5.23. The molecule has 0 aliphatic carbocycles. The van der Waals surface area contributed by atoms with Crippen LogP contribution >= 0.6 is 0 Å². The van der Waals surface area contributed by atoms with Crippen LogP contribution in [0.1, 0.15) is 37.7 Å². The lowest BCUT2D eigenvalue weighted by molar-refractivity contribution is 0.282. The molecule has 0 bridgehead atoms. The Hall–Kier alpha value is -2.80. The number of benzene rings is 1. The van der Waals surface area contributed by atoms with Crippen molar-refractivity contribution in [2.45, 2.75) is 38.6 Å². The van der Waals surface area contributed by atoms with Gasteiger partial charge in [0, 0.05) is 32.4 Å². The second kappa shape index (κ2) is 12.8. The highest BCUT2D eigenvalue weighted by molar-refractivity contribution is 5.79. The van der Waals surface area contributed by atoms with Gasteiger partial charge in [0.15, 0.2) is 5.96 Å². The Kier molecular flexibility index (Phi) is 9.44. The Morgan fingerprint density at radius 1 is 1.00 bits per heavy atom. The van der Waals surface area contributed by atoms with Gasteiger partial charge in [-0.1, -0.05) is 18.9 Å². The molecule has 7 heteroatoms. The zero-order chi connectivity index (χ0) is 21.7. The third kappa shape index (κ3) is 8.09. The summed E-state index contributed by atoms with van der Waals surface area (Å²) in [6, 6.07) is 11.3. The minimum Gasteiger partial charge on any atom is -0.497 e. The van der Waals surface area contributed by atoms with Crippen molar-refractivity contribution in [3.05, 3.63) is 48.2 Å². The van der Waals surface area contributed by atoms with Crippen molar-refractivity contribution < 1.29 is 9.47 Å². The van der Waals surface area contributed by atoms with Crippen LogP contribution in [0.5, 0.6) is 17.4 Å². The molecule has 7 nitrogen and oxygen atoms in total. The average molecular weight is 426 g/mol. The normalized spacial score (nSPS) is 15.2. The molecule has 1 aromatic heterocycles. The first kappa shape index (κ1) is 22.9.